The molecule has 0 saturated heterocycles. The Kier molecular flexibility index (Phi) is 6.06. The van der Waals surface area contributed by atoms with Crippen molar-refractivity contribution < 1.29 is 13.9 Å². The smallest absolute Gasteiger partial charge is 0.238 e. The Balaban J connectivity index is 1.68. The first-order valence-corrected chi connectivity index (χ1v) is 8.46. The summed E-state index contributed by atoms with van der Waals surface area (Å²) in [6.45, 7) is 1.45. The van der Waals surface area contributed by atoms with Crippen LogP contribution in [-0.2, 0) is 17.9 Å². The highest BCUT2D eigenvalue weighted by molar-refractivity contribution is 5.93. The van der Waals surface area contributed by atoms with Gasteiger partial charge in [0.05, 0.1) is 32.1 Å². The zero-order valence-corrected chi connectivity index (χ0v) is 14.7. The molecule has 0 bridgehead atoms. The summed E-state index contributed by atoms with van der Waals surface area (Å²) >= 11 is 0. The first-order valence-electron chi connectivity index (χ1n) is 8.46. The maximum Gasteiger partial charge on any atom is 0.238 e. The van der Waals surface area contributed by atoms with Crippen LogP contribution in [-0.4, -0.2) is 24.5 Å². The molecule has 1 N–H and O–H groups in total. The van der Waals surface area contributed by atoms with Crippen LogP contribution in [0.3, 0.4) is 0 Å². The molecule has 5 heteroatoms. The number of methoxy groups -OCH3 is 1. The van der Waals surface area contributed by atoms with Crippen molar-refractivity contribution in [3.05, 3.63) is 84.3 Å². The molecule has 0 radical (unpaired) electrons. The zero-order valence-electron chi connectivity index (χ0n) is 14.7. The minimum atomic E-state index is -0.100. The van der Waals surface area contributed by atoms with Gasteiger partial charge in [0.2, 0.25) is 5.91 Å². The summed E-state index contributed by atoms with van der Waals surface area (Å²) in [5.74, 6) is 1.37. The quantitative estimate of drug-likeness (QED) is 0.669. The largest absolute Gasteiger partial charge is 0.495 e. The van der Waals surface area contributed by atoms with Crippen LogP contribution < -0.4 is 10.1 Å². The molecule has 134 valence electrons. The third-order valence-electron chi connectivity index (χ3n) is 3.96. The Morgan fingerprint density at radius 2 is 1.77 bits per heavy atom. The van der Waals surface area contributed by atoms with Crippen molar-refractivity contribution >= 4 is 11.6 Å². The van der Waals surface area contributed by atoms with Gasteiger partial charge in [-0.25, -0.2) is 0 Å². The third kappa shape index (κ3) is 4.97. The van der Waals surface area contributed by atoms with Crippen molar-refractivity contribution in [3.8, 4) is 5.75 Å². The Hall–Kier alpha value is -3.05. The average molecular weight is 350 g/mol. The van der Waals surface area contributed by atoms with E-state index >= 15 is 0 Å². The van der Waals surface area contributed by atoms with Crippen LogP contribution in [0.25, 0.3) is 0 Å². The van der Waals surface area contributed by atoms with Gasteiger partial charge in [0.25, 0.3) is 0 Å². The number of nitrogens with one attached hydrogen (secondary N) is 1. The highest BCUT2D eigenvalue weighted by Gasteiger charge is 2.15. The van der Waals surface area contributed by atoms with Crippen LogP contribution in [0.15, 0.2) is 77.4 Å². The molecule has 3 rings (SSSR count). The van der Waals surface area contributed by atoms with Crippen LogP contribution in [0.1, 0.15) is 11.3 Å². The summed E-state index contributed by atoms with van der Waals surface area (Å²) in [4.78, 5) is 14.6. The minimum Gasteiger partial charge on any atom is -0.495 e. The molecule has 2 aromatic carbocycles. The minimum absolute atomic E-state index is 0.100. The van der Waals surface area contributed by atoms with E-state index in [2.05, 4.69) is 5.32 Å². The maximum atomic E-state index is 12.6. The first kappa shape index (κ1) is 17.8. The molecule has 0 aliphatic rings. The number of ether oxygens (including phenoxy) is 1. The highest BCUT2D eigenvalue weighted by Crippen LogP contribution is 2.23. The van der Waals surface area contributed by atoms with E-state index in [4.69, 9.17) is 9.15 Å². The summed E-state index contributed by atoms with van der Waals surface area (Å²) in [6, 6.07) is 21.2. The molecule has 1 aromatic heterocycles. The molecule has 0 unspecified atom stereocenters. The van der Waals surface area contributed by atoms with Gasteiger partial charge in [0, 0.05) is 6.54 Å². The lowest BCUT2D eigenvalue weighted by molar-refractivity contribution is -0.117. The number of hydrogen-bond donors (Lipinski definition) is 1. The Bertz CT molecular complexity index is 816. The van der Waals surface area contributed by atoms with Crippen molar-refractivity contribution in [2.45, 2.75) is 13.1 Å². The van der Waals surface area contributed by atoms with E-state index in [9.17, 15) is 4.79 Å². The van der Waals surface area contributed by atoms with Gasteiger partial charge < -0.3 is 14.5 Å². The molecule has 0 atom stereocenters. The Labute approximate surface area is 153 Å². The SMILES string of the molecule is COc1ccccc1NC(=O)CN(Cc1ccccc1)Cc1ccco1. The summed E-state index contributed by atoms with van der Waals surface area (Å²) in [5, 5.41) is 2.92. The number of hydrogen-bond acceptors (Lipinski definition) is 4. The van der Waals surface area contributed by atoms with E-state index in [1.54, 1.807) is 13.4 Å². The lowest BCUT2D eigenvalue weighted by atomic mass is 10.2. The molecule has 5 nitrogen and oxygen atoms in total. The normalized spacial score (nSPS) is 10.7. The molecule has 1 amide bonds. The molecule has 3 aromatic rings. The average Bonchev–Trinajstić information content (AvgIpc) is 3.16. The summed E-state index contributed by atoms with van der Waals surface area (Å²) in [5.41, 5.74) is 1.81. The van der Waals surface area contributed by atoms with E-state index in [1.165, 1.54) is 0 Å². The van der Waals surface area contributed by atoms with Crippen LogP contribution in [0.2, 0.25) is 0 Å². The number of furan rings is 1. The van der Waals surface area contributed by atoms with E-state index in [0.29, 0.717) is 24.5 Å². The fraction of sp³-hybridized carbons (Fsp3) is 0.190. The number of rotatable bonds is 8. The topological polar surface area (TPSA) is 54.7 Å². The van der Waals surface area contributed by atoms with Crippen molar-refractivity contribution in [3.63, 3.8) is 0 Å². The number of carbonyl (C=O) groups is 1. The molecule has 0 aliphatic carbocycles. The number of nitrogens with zero attached hydrogens (tertiary/aromatic N) is 1. The van der Waals surface area contributed by atoms with E-state index in [-0.39, 0.29) is 12.5 Å². The summed E-state index contributed by atoms with van der Waals surface area (Å²) in [7, 11) is 1.59. The van der Waals surface area contributed by atoms with Gasteiger partial charge >= 0.3 is 0 Å². The van der Waals surface area contributed by atoms with Gasteiger partial charge in [-0.15, -0.1) is 0 Å². The summed E-state index contributed by atoms with van der Waals surface area (Å²) in [6.07, 6.45) is 1.64. The standard InChI is InChI=1S/C21H22N2O3/c1-25-20-12-6-5-11-19(20)22-21(24)16-23(15-18-10-7-13-26-18)14-17-8-3-2-4-9-17/h2-13H,14-16H2,1H3,(H,22,24). The Morgan fingerprint density at radius 3 is 2.50 bits per heavy atom. The molecule has 0 saturated carbocycles. The molecule has 1 heterocycles. The van der Waals surface area contributed by atoms with Crippen molar-refractivity contribution in [2.75, 3.05) is 19.0 Å². The van der Waals surface area contributed by atoms with Crippen LogP contribution in [0, 0.1) is 0 Å². The van der Waals surface area contributed by atoms with Crippen molar-refractivity contribution in [2.24, 2.45) is 0 Å². The first-order chi connectivity index (χ1) is 12.7. The Morgan fingerprint density at radius 1 is 1.00 bits per heavy atom. The lowest BCUT2D eigenvalue weighted by Gasteiger charge is -2.21. The molecule has 0 fully saturated rings. The van der Waals surface area contributed by atoms with E-state index in [0.717, 1.165) is 11.3 Å². The third-order valence-corrected chi connectivity index (χ3v) is 3.96. The number of amides is 1. The fourth-order valence-corrected chi connectivity index (χ4v) is 2.77. The van der Waals surface area contributed by atoms with Crippen LogP contribution in [0.4, 0.5) is 5.69 Å². The van der Waals surface area contributed by atoms with E-state index < -0.39 is 0 Å². The molecule has 0 aliphatic heterocycles. The second-order valence-corrected chi connectivity index (χ2v) is 5.96. The van der Waals surface area contributed by atoms with Crippen molar-refractivity contribution in [1.29, 1.82) is 0 Å². The molecule has 0 spiro atoms. The fourth-order valence-electron chi connectivity index (χ4n) is 2.77. The van der Waals surface area contributed by atoms with Crippen molar-refractivity contribution in [1.82, 2.24) is 4.90 Å². The van der Waals surface area contributed by atoms with Gasteiger partial charge in [-0.05, 0) is 29.8 Å². The summed E-state index contributed by atoms with van der Waals surface area (Å²) < 4.78 is 10.7. The zero-order chi connectivity index (χ0) is 18.2. The van der Waals surface area contributed by atoms with Gasteiger partial charge in [0.1, 0.15) is 11.5 Å². The van der Waals surface area contributed by atoms with Gasteiger partial charge in [-0.3, -0.25) is 9.69 Å². The van der Waals surface area contributed by atoms with Gasteiger partial charge in [-0.2, -0.15) is 0 Å². The number of para-hydroxylation sites is 2. The number of anilines is 1. The van der Waals surface area contributed by atoms with Crippen LogP contribution >= 0.6 is 0 Å². The van der Waals surface area contributed by atoms with Gasteiger partial charge in [0.15, 0.2) is 0 Å². The predicted molar refractivity (Wildman–Crippen MR) is 101 cm³/mol. The van der Waals surface area contributed by atoms with E-state index in [1.807, 2.05) is 71.6 Å². The van der Waals surface area contributed by atoms with Crippen LogP contribution in [0.5, 0.6) is 5.75 Å². The molecule has 26 heavy (non-hydrogen) atoms. The second kappa shape index (κ2) is 8.87. The molecular weight excluding hydrogens is 328 g/mol. The predicted octanol–water partition coefficient (Wildman–Crippen LogP) is 3.93. The lowest BCUT2D eigenvalue weighted by Crippen LogP contribution is -2.32. The number of carbonyl (C=O) groups excluding carboxylic acids is 1. The maximum absolute atomic E-state index is 12.6. The number of benzene rings is 2. The second-order valence-electron chi connectivity index (χ2n) is 5.96. The van der Waals surface area contributed by atoms with Gasteiger partial charge in [-0.1, -0.05) is 42.5 Å². The highest BCUT2D eigenvalue weighted by atomic mass is 16.5. The molecular formula is C21H22N2O3. The monoisotopic (exact) mass is 350 g/mol.